The maximum atomic E-state index is 12.8. The molecule has 0 unspecified atom stereocenters. The zero-order chi connectivity index (χ0) is 21.1. The van der Waals surface area contributed by atoms with E-state index in [0.717, 1.165) is 61.5 Å². The second-order valence-electron chi connectivity index (χ2n) is 9.34. The number of anilines is 1. The second kappa shape index (κ2) is 8.72. The molecule has 1 atom stereocenters. The molecular weight excluding hydrogens is 376 g/mol. The maximum absolute atomic E-state index is 12.8. The normalized spacial score (nSPS) is 18.9. The second-order valence-corrected chi connectivity index (χ2v) is 9.34. The van der Waals surface area contributed by atoms with Crippen molar-refractivity contribution in [2.75, 3.05) is 31.1 Å². The number of piperidine rings is 1. The fourth-order valence-electron chi connectivity index (χ4n) is 4.30. The zero-order valence-corrected chi connectivity index (χ0v) is 18.0. The molecule has 6 heteroatoms. The molecule has 160 valence electrons. The van der Waals surface area contributed by atoms with Crippen molar-refractivity contribution in [2.45, 2.75) is 46.0 Å². The van der Waals surface area contributed by atoms with Gasteiger partial charge in [-0.3, -0.25) is 4.79 Å². The van der Waals surface area contributed by atoms with Crippen LogP contribution in [0.15, 0.2) is 30.3 Å². The number of nitrogens with zero attached hydrogens (tertiary/aromatic N) is 3. The van der Waals surface area contributed by atoms with E-state index < -0.39 is 0 Å². The summed E-state index contributed by atoms with van der Waals surface area (Å²) in [5.74, 6) is 1.82. The number of amides is 1. The molecule has 2 heterocycles. The first kappa shape index (κ1) is 20.8. The highest BCUT2D eigenvalue weighted by molar-refractivity contribution is 5.79. The highest BCUT2D eigenvalue weighted by Gasteiger charge is 2.31. The van der Waals surface area contributed by atoms with E-state index in [2.05, 4.69) is 22.3 Å². The van der Waals surface area contributed by atoms with Crippen molar-refractivity contribution in [3.05, 3.63) is 41.6 Å². The van der Waals surface area contributed by atoms with Crippen LogP contribution in [0.25, 0.3) is 11.4 Å². The van der Waals surface area contributed by atoms with Gasteiger partial charge in [-0.2, -0.15) is 0 Å². The number of fused-ring (bicyclic) bond motifs is 1. The Balaban J connectivity index is 1.55. The summed E-state index contributed by atoms with van der Waals surface area (Å²) in [6.45, 7) is 6.05. The van der Waals surface area contributed by atoms with E-state index in [1.54, 1.807) is 0 Å². The molecule has 2 aromatic rings. The molecule has 30 heavy (non-hydrogen) atoms. The third kappa shape index (κ3) is 4.48. The summed E-state index contributed by atoms with van der Waals surface area (Å²) in [6.07, 6.45) is 4.99. The van der Waals surface area contributed by atoms with Crippen molar-refractivity contribution in [3.63, 3.8) is 0 Å². The lowest BCUT2D eigenvalue weighted by Gasteiger charge is -2.34. The van der Waals surface area contributed by atoms with Crippen molar-refractivity contribution < 1.29 is 9.90 Å². The predicted octanol–water partition coefficient (Wildman–Crippen LogP) is 2.98. The van der Waals surface area contributed by atoms with E-state index in [4.69, 9.17) is 9.97 Å². The van der Waals surface area contributed by atoms with E-state index in [0.29, 0.717) is 13.1 Å². The minimum atomic E-state index is -0.303. The number of hydrogen-bond acceptors (Lipinski definition) is 5. The molecule has 1 aromatic carbocycles. The van der Waals surface area contributed by atoms with Gasteiger partial charge >= 0.3 is 0 Å². The van der Waals surface area contributed by atoms with Gasteiger partial charge in [-0.1, -0.05) is 44.2 Å². The molecule has 1 amide bonds. The molecule has 2 N–H and O–H groups in total. The van der Waals surface area contributed by atoms with E-state index in [-0.39, 0.29) is 23.8 Å². The Hall–Kier alpha value is -2.47. The van der Waals surface area contributed by atoms with Gasteiger partial charge in [0.15, 0.2) is 5.82 Å². The first-order valence-electron chi connectivity index (χ1n) is 11.1. The van der Waals surface area contributed by atoms with E-state index >= 15 is 0 Å². The zero-order valence-electron chi connectivity index (χ0n) is 18.0. The van der Waals surface area contributed by atoms with Crippen LogP contribution in [-0.4, -0.2) is 47.2 Å². The molecule has 0 radical (unpaired) electrons. The summed E-state index contributed by atoms with van der Waals surface area (Å²) in [4.78, 5) is 24.9. The summed E-state index contributed by atoms with van der Waals surface area (Å²) < 4.78 is 0. The number of aliphatic hydroxyl groups excluding tert-OH is 1. The number of aliphatic hydroxyl groups is 1. The lowest BCUT2D eigenvalue weighted by atomic mass is 9.93. The topological polar surface area (TPSA) is 78.4 Å². The van der Waals surface area contributed by atoms with Crippen molar-refractivity contribution in [3.8, 4) is 11.4 Å². The molecule has 4 rings (SSSR count). The van der Waals surface area contributed by atoms with Crippen molar-refractivity contribution in [1.29, 1.82) is 0 Å². The monoisotopic (exact) mass is 408 g/mol. The number of carbonyl (C=O) groups excluding carboxylic acids is 1. The number of aromatic nitrogens is 2. The average Bonchev–Trinajstić information content (AvgIpc) is 3.26. The summed E-state index contributed by atoms with van der Waals surface area (Å²) in [5, 5.41) is 12.5. The smallest absolute Gasteiger partial charge is 0.224 e. The van der Waals surface area contributed by atoms with Crippen LogP contribution in [0.1, 0.15) is 44.4 Å². The molecule has 0 saturated carbocycles. The fourth-order valence-corrected chi connectivity index (χ4v) is 4.30. The number of carbonyl (C=O) groups is 1. The van der Waals surface area contributed by atoms with Gasteiger partial charge in [0, 0.05) is 48.5 Å². The molecule has 0 bridgehead atoms. The molecule has 0 spiro atoms. The Kier molecular flexibility index (Phi) is 6.04. The van der Waals surface area contributed by atoms with Crippen molar-refractivity contribution in [2.24, 2.45) is 11.3 Å². The van der Waals surface area contributed by atoms with Gasteiger partial charge in [0.25, 0.3) is 0 Å². The number of rotatable bonds is 6. The predicted molar refractivity (Wildman–Crippen MR) is 118 cm³/mol. The van der Waals surface area contributed by atoms with Gasteiger partial charge in [0.2, 0.25) is 5.91 Å². The van der Waals surface area contributed by atoms with Gasteiger partial charge in [-0.25, -0.2) is 9.97 Å². The molecular formula is C24H32N4O2. The number of hydrogen-bond donors (Lipinski definition) is 2. The van der Waals surface area contributed by atoms with Gasteiger partial charge in [-0.05, 0) is 32.1 Å². The van der Waals surface area contributed by atoms with Crippen LogP contribution in [0.4, 0.5) is 5.82 Å². The molecule has 6 nitrogen and oxygen atoms in total. The average molecular weight is 409 g/mol. The summed E-state index contributed by atoms with van der Waals surface area (Å²) >= 11 is 0. The molecule has 1 saturated heterocycles. The first-order chi connectivity index (χ1) is 14.5. The van der Waals surface area contributed by atoms with Crippen LogP contribution in [-0.2, 0) is 17.6 Å². The van der Waals surface area contributed by atoms with E-state index in [9.17, 15) is 9.90 Å². The van der Waals surface area contributed by atoms with Crippen LogP contribution in [0.5, 0.6) is 0 Å². The van der Waals surface area contributed by atoms with Gasteiger partial charge in [-0.15, -0.1) is 0 Å². The first-order valence-corrected chi connectivity index (χ1v) is 11.1. The molecule has 2 aliphatic rings. The fraction of sp³-hybridized carbons (Fsp3) is 0.542. The third-order valence-electron chi connectivity index (χ3n) is 6.20. The van der Waals surface area contributed by atoms with Crippen LogP contribution in [0, 0.1) is 11.3 Å². The van der Waals surface area contributed by atoms with Gasteiger partial charge in [0.05, 0.1) is 5.92 Å². The SMILES string of the molecule is CC(C)(CO)CNC(=O)[C@H]1CCCN(c2nc(-c3ccccc3)nc3c2CCC3)C1. The van der Waals surface area contributed by atoms with Crippen LogP contribution >= 0.6 is 0 Å². The van der Waals surface area contributed by atoms with Gasteiger partial charge < -0.3 is 15.3 Å². The third-order valence-corrected chi connectivity index (χ3v) is 6.20. The largest absolute Gasteiger partial charge is 0.396 e. The summed E-state index contributed by atoms with van der Waals surface area (Å²) in [7, 11) is 0. The van der Waals surface area contributed by atoms with Crippen LogP contribution < -0.4 is 10.2 Å². The Morgan fingerprint density at radius 3 is 2.77 bits per heavy atom. The lowest BCUT2D eigenvalue weighted by Crippen LogP contribution is -2.46. The van der Waals surface area contributed by atoms with Crippen LogP contribution in [0.2, 0.25) is 0 Å². The summed E-state index contributed by atoms with van der Waals surface area (Å²) in [6, 6.07) is 10.1. The number of benzene rings is 1. The quantitative estimate of drug-likeness (QED) is 0.768. The standard InChI is InChI=1S/C24H32N4O2/c1-24(2,16-29)15-25-23(30)18-10-7-13-28(14-18)22-19-11-6-12-20(19)26-21(27-22)17-8-4-3-5-9-17/h3-5,8-9,18,29H,6-7,10-16H2,1-2H3,(H,25,30)/t18-/m0/s1. The lowest BCUT2D eigenvalue weighted by molar-refractivity contribution is -0.125. The highest BCUT2D eigenvalue weighted by atomic mass is 16.3. The Morgan fingerprint density at radius 2 is 2.00 bits per heavy atom. The van der Waals surface area contributed by atoms with Crippen LogP contribution in [0.3, 0.4) is 0 Å². The molecule has 1 fully saturated rings. The minimum Gasteiger partial charge on any atom is -0.396 e. The summed E-state index contributed by atoms with van der Waals surface area (Å²) in [5.41, 5.74) is 3.15. The maximum Gasteiger partial charge on any atom is 0.224 e. The highest BCUT2D eigenvalue weighted by Crippen LogP contribution is 2.33. The number of nitrogens with one attached hydrogen (secondary N) is 1. The van der Waals surface area contributed by atoms with E-state index in [1.807, 2.05) is 32.0 Å². The number of aryl methyl sites for hydroxylation is 1. The molecule has 1 aliphatic heterocycles. The Morgan fingerprint density at radius 1 is 1.20 bits per heavy atom. The van der Waals surface area contributed by atoms with E-state index in [1.165, 1.54) is 5.56 Å². The minimum absolute atomic E-state index is 0.0550. The van der Waals surface area contributed by atoms with Crippen molar-refractivity contribution in [1.82, 2.24) is 15.3 Å². The Labute approximate surface area is 178 Å². The van der Waals surface area contributed by atoms with Gasteiger partial charge in [0.1, 0.15) is 5.82 Å². The van der Waals surface area contributed by atoms with Crippen molar-refractivity contribution >= 4 is 11.7 Å². The Bertz CT molecular complexity index is 898. The molecule has 1 aliphatic carbocycles. The molecule has 1 aromatic heterocycles.